The molecule has 0 saturated carbocycles. The van der Waals surface area contributed by atoms with Crippen LogP contribution in [0.2, 0.25) is 0 Å². The molecule has 0 radical (unpaired) electrons. The summed E-state index contributed by atoms with van der Waals surface area (Å²) in [5.41, 5.74) is 1.43. The monoisotopic (exact) mass is 380 g/mol. The maximum Gasteiger partial charge on any atom is 0.232 e. The van der Waals surface area contributed by atoms with Crippen LogP contribution >= 0.6 is 22.6 Å². The topological polar surface area (TPSA) is 70.8 Å². The fourth-order valence-corrected chi connectivity index (χ4v) is 1.86. The van der Waals surface area contributed by atoms with Crippen LogP contribution in [0.4, 0.5) is 11.6 Å². The molecule has 1 aromatic heterocycles. The number of aromatic nitrogens is 2. The minimum Gasteiger partial charge on any atom is -0.474 e. The summed E-state index contributed by atoms with van der Waals surface area (Å²) in [6.07, 6.45) is 1.76. The largest absolute Gasteiger partial charge is 0.474 e. The number of nitrogens with one attached hydrogen (secondary N) is 1. The summed E-state index contributed by atoms with van der Waals surface area (Å²) in [6.45, 7) is 3.90. The van der Waals surface area contributed by atoms with Crippen molar-refractivity contribution in [3.63, 3.8) is 0 Å². The fourth-order valence-electron chi connectivity index (χ4n) is 1.47. The summed E-state index contributed by atoms with van der Waals surface area (Å²) < 4.78 is 6.48. The Labute approximate surface area is 131 Å². The molecule has 0 aliphatic rings. The molecule has 1 N–H and O–H groups in total. The maximum atomic E-state index is 8.76. The van der Waals surface area contributed by atoms with Crippen LogP contribution in [0.5, 0.6) is 5.88 Å². The highest BCUT2D eigenvalue weighted by Crippen LogP contribution is 2.21. The third kappa shape index (κ3) is 3.81. The Morgan fingerprint density at radius 3 is 2.60 bits per heavy atom. The molecule has 0 unspecified atom stereocenters. The third-order valence-corrected chi connectivity index (χ3v) is 3.07. The third-order valence-electron chi connectivity index (χ3n) is 2.33. The van der Waals surface area contributed by atoms with Crippen LogP contribution in [0.3, 0.4) is 0 Å². The highest BCUT2D eigenvalue weighted by atomic mass is 127. The number of halogens is 1. The molecule has 0 aliphatic carbocycles. The summed E-state index contributed by atoms with van der Waals surface area (Å²) in [5, 5.41) is 11.8. The number of rotatable bonds is 4. The second-order valence-corrected chi connectivity index (χ2v) is 5.49. The normalized spacial score (nSPS) is 10.2. The molecule has 6 heteroatoms. The van der Waals surface area contributed by atoms with E-state index in [4.69, 9.17) is 10.00 Å². The standard InChI is InChI=1S/C14H13IN4O/c1-9(2)20-13-12(15)8-17-14(19-13)18-11-5-3-10(7-16)4-6-11/h3-6,8-9H,1-2H3,(H,17,18,19). The van der Waals surface area contributed by atoms with Crippen LogP contribution < -0.4 is 10.1 Å². The lowest BCUT2D eigenvalue weighted by Gasteiger charge is -2.11. The van der Waals surface area contributed by atoms with Crippen molar-refractivity contribution in [2.45, 2.75) is 20.0 Å². The molecule has 0 saturated heterocycles. The van der Waals surface area contributed by atoms with Crippen molar-refractivity contribution >= 4 is 34.2 Å². The summed E-state index contributed by atoms with van der Waals surface area (Å²) >= 11 is 2.14. The second-order valence-electron chi connectivity index (χ2n) is 4.33. The van der Waals surface area contributed by atoms with Crippen molar-refractivity contribution < 1.29 is 4.74 Å². The van der Waals surface area contributed by atoms with Gasteiger partial charge in [0.2, 0.25) is 11.8 Å². The van der Waals surface area contributed by atoms with Gasteiger partial charge in [-0.2, -0.15) is 10.2 Å². The van der Waals surface area contributed by atoms with Crippen LogP contribution in [0, 0.1) is 14.9 Å². The van der Waals surface area contributed by atoms with Gasteiger partial charge < -0.3 is 10.1 Å². The second kappa shape index (κ2) is 6.52. The molecule has 102 valence electrons. The average Bonchev–Trinajstić information content (AvgIpc) is 2.43. The molecule has 0 fully saturated rings. The van der Waals surface area contributed by atoms with Crippen molar-refractivity contribution in [1.29, 1.82) is 5.26 Å². The van der Waals surface area contributed by atoms with E-state index in [1.54, 1.807) is 18.3 Å². The van der Waals surface area contributed by atoms with Gasteiger partial charge in [0, 0.05) is 11.9 Å². The van der Waals surface area contributed by atoms with Gasteiger partial charge in [0.05, 0.1) is 21.3 Å². The van der Waals surface area contributed by atoms with E-state index in [9.17, 15) is 0 Å². The van der Waals surface area contributed by atoms with Gasteiger partial charge in [0.1, 0.15) is 0 Å². The van der Waals surface area contributed by atoms with E-state index in [1.807, 2.05) is 26.0 Å². The smallest absolute Gasteiger partial charge is 0.232 e. The van der Waals surface area contributed by atoms with E-state index in [-0.39, 0.29) is 6.10 Å². The van der Waals surface area contributed by atoms with Crippen LogP contribution in [0.25, 0.3) is 0 Å². The molecule has 1 heterocycles. The molecule has 0 amide bonds. The number of hydrogen-bond donors (Lipinski definition) is 1. The Balaban J connectivity index is 2.18. The predicted octanol–water partition coefficient (Wildman–Crippen LogP) is 3.48. The predicted molar refractivity (Wildman–Crippen MR) is 85.0 cm³/mol. The summed E-state index contributed by atoms with van der Waals surface area (Å²) in [5.74, 6) is 1.03. The zero-order valence-corrected chi connectivity index (χ0v) is 13.2. The molecule has 20 heavy (non-hydrogen) atoms. The lowest BCUT2D eigenvalue weighted by Crippen LogP contribution is -2.09. The van der Waals surface area contributed by atoms with Crippen molar-refractivity contribution in [3.8, 4) is 11.9 Å². The maximum absolute atomic E-state index is 8.76. The zero-order valence-electron chi connectivity index (χ0n) is 11.1. The van der Waals surface area contributed by atoms with E-state index in [1.165, 1.54) is 0 Å². The first-order valence-corrected chi connectivity index (χ1v) is 7.12. The molecule has 1 aromatic carbocycles. The summed E-state index contributed by atoms with van der Waals surface area (Å²) in [4.78, 5) is 8.54. The van der Waals surface area contributed by atoms with Crippen LogP contribution in [-0.4, -0.2) is 16.1 Å². The van der Waals surface area contributed by atoms with Crippen molar-refractivity contribution in [1.82, 2.24) is 9.97 Å². The molecule has 5 nitrogen and oxygen atoms in total. The Hall–Kier alpha value is -1.88. The van der Waals surface area contributed by atoms with Gasteiger partial charge in [-0.25, -0.2) is 4.98 Å². The highest BCUT2D eigenvalue weighted by Gasteiger charge is 2.08. The Morgan fingerprint density at radius 1 is 1.30 bits per heavy atom. The van der Waals surface area contributed by atoms with Gasteiger partial charge in [-0.1, -0.05) is 0 Å². The minimum absolute atomic E-state index is 0.0566. The molecule has 0 spiro atoms. The van der Waals surface area contributed by atoms with Crippen molar-refractivity contribution in [2.24, 2.45) is 0 Å². The Kier molecular flexibility index (Phi) is 4.74. The van der Waals surface area contributed by atoms with Crippen molar-refractivity contribution in [2.75, 3.05) is 5.32 Å². The summed E-state index contributed by atoms with van der Waals surface area (Å²) in [6, 6.07) is 9.17. The number of anilines is 2. The van der Waals surface area contributed by atoms with E-state index < -0.39 is 0 Å². The van der Waals surface area contributed by atoms with Crippen LogP contribution in [-0.2, 0) is 0 Å². The number of benzene rings is 1. The van der Waals surface area contributed by atoms with Crippen LogP contribution in [0.15, 0.2) is 30.5 Å². The SMILES string of the molecule is CC(C)Oc1nc(Nc2ccc(C#N)cc2)ncc1I. The fraction of sp³-hybridized carbons (Fsp3) is 0.214. The Morgan fingerprint density at radius 2 is 2.00 bits per heavy atom. The van der Waals surface area contributed by atoms with Crippen molar-refractivity contribution in [3.05, 3.63) is 39.6 Å². The number of nitriles is 1. The van der Waals surface area contributed by atoms with Gasteiger partial charge >= 0.3 is 0 Å². The highest BCUT2D eigenvalue weighted by molar-refractivity contribution is 14.1. The molecule has 0 bridgehead atoms. The van der Waals surface area contributed by atoms with E-state index in [0.29, 0.717) is 17.4 Å². The van der Waals surface area contributed by atoms with Gasteiger partial charge in [0.15, 0.2) is 0 Å². The first-order chi connectivity index (χ1) is 9.58. The lowest BCUT2D eigenvalue weighted by atomic mass is 10.2. The molecular formula is C14H13IN4O. The Bertz CT molecular complexity index is 635. The number of nitrogens with zero attached hydrogens (tertiary/aromatic N) is 3. The first-order valence-electron chi connectivity index (χ1n) is 6.05. The molecular weight excluding hydrogens is 367 g/mol. The molecule has 2 aromatic rings. The number of hydrogen-bond acceptors (Lipinski definition) is 5. The summed E-state index contributed by atoms with van der Waals surface area (Å²) in [7, 11) is 0. The van der Waals surface area contributed by atoms with E-state index >= 15 is 0 Å². The quantitative estimate of drug-likeness (QED) is 0.823. The van der Waals surface area contributed by atoms with Gasteiger partial charge in [-0.3, -0.25) is 0 Å². The van der Waals surface area contributed by atoms with Crippen LogP contribution in [0.1, 0.15) is 19.4 Å². The number of ether oxygens (including phenoxy) is 1. The molecule has 0 atom stereocenters. The minimum atomic E-state index is 0.0566. The van der Waals surface area contributed by atoms with E-state index in [2.05, 4.69) is 43.9 Å². The lowest BCUT2D eigenvalue weighted by molar-refractivity contribution is 0.230. The van der Waals surface area contributed by atoms with Gasteiger partial charge in [-0.15, -0.1) is 0 Å². The van der Waals surface area contributed by atoms with E-state index in [0.717, 1.165) is 9.26 Å². The molecule has 2 rings (SSSR count). The van der Waals surface area contributed by atoms with Gasteiger partial charge in [0.25, 0.3) is 0 Å². The zero-order chi connectivity index (χ0) is 14.5. The molecule has 0 aliphatic heterocycles. The van der Waals surface area contributed by atoms with Gasteiger partial charge in [-0.05, 0) is 60.7 Å². The average molecular weight is 380 g/mol. The first kappa shape index (κ1) is 14.5.